The van der Waals surface area contributed by atoms with E-state index >= 15 is 0 Å². The minimum Gasteiger partial charge on any atom is -0.480 e. The van der Waals surface area contributed by atoms with Crippen molar-refractivity contribution < 1.29 is 18.3 Å². The Morgan fingerprint density at radius 2 is 2.00 bits per heavy atom. The maximum absolute atomic E-state index is 12.3. The summed E-state index contributed by atoms with van der Waals surface area (Å²) in [5.41, 5.74) is 0. The first-order chi connectivity index (χ1) is 8.91. The molecule has 8 heteroatoms. The van der Waals surface area contributed by atoms with E-state index < -0.39 is 22.0 Å². The van der Waals surface area contributed by atoms with Gasteiger partial charge in [0.2, 0.25) is 10.0 Å². The van der Waals surface area contributed by atoms with Crippen molar-refractivity contribution in [2.45, 2.75) is 10.9 Å². The molecule has 1 atom stereocenters. The molecule has 1 aliphatic rings. The third kappa shape index (κ3) is 3.06. The maximum Gasteiger partial charge on any atom is 0.322 e. The Labute approximate surface area is 116 Å². The Hall–Kier alpha value is -1.15. The number of carboxylic acids is 1. The molecule has 6 nitrogen and oxygen atoms in total. The number of carboxylic acid groups (broad SMARTS) is 1. The molecule has 1 heterocycles. The van der Waals surface area contributed by atoms with Crippen molar-refractivity contribution in [2.24, 2.45) is 0 Å². The number of sulfonamides is 1. The van der Waals surface area contributed by atoms with Crippen LogP contribution in [0.4, 0.5) is 0 Å². The molecule has 0 saturated carbocycles. The molecular formula is C11H13ClN2O4S. The number of hydrogen-bond acceptors (Lipinski definition) is 4. The minimum atomic E-state index is -3.67. The Kier molecular flexibility index (Phi) is 4.10. The van der Waals surface area contributed by atoms with Crippen LogP contribution < -0.4 is 5.32 Å². The van der Waals surface area contributed by atoms with E-state index in [1.165, 1.54) is 28.6 Å². The standard InChI is InChI=1S/C11H13ClN2O4S/c12-8-1-3-9(4-2-8)19(17,18)14-6-5-13-10(7-14)11(15)16/h1-4,10,13H,5-7H2,(H,15,16). The SMILES string of the molecule is O=C(O)C1CN(S(=O)(=O)c2ccc(Cl)cc2)CCN1. The summed E-state index contributed by atoms with van der Waals surface area (Å²) in [4.78, 5) is 11.0. The zero-order valence-electron chi connectivity index (χ0n) is 9.91. The smallest absolute Gasteiger partial charge is 0.322 e. The van der Waals surface area contributed by atoms with E-state index in [0.717, 1.165) is 0 Å². The van der Waals surface area contributed by atoms with Gasteiger partial charge < -0.3 is 10.4 Å². The van der Waals surface area contributed by atoms with Gasteiger partial charge >= 0.3 is 5.97 Å². The summed E-state index contributed by atoms with van der Waals surface area (Å²) in [5.74, 6) is -1.06. The second-order valence-electron chi connectivity index (χ2n) is 4.16. The Bertz CT molecular complexity index is 573. The molecule has 2 N–H and O–H groups in total. The minimum absolute atomic E-state index is 0.0830. The van der Waals surface area contributed by atoms with E-state index in [1.54, 1.807) is 0 Å². The zero-order chi connectivity index (χ0) is 14.0. The highest BCUT2D eigenvalue weighted by Gasteiger charge is 2.32. The van der Waals surface area contributed by atoms with Gasteiger partial charge in [-0.1, -0.05) is 11.6 Å². The Morgan fingerprint density at radius 3 is 2.58 bits per heavy atom. The number of piperazine rings is 1. The first-order valence-corrected chi connectivity index (χ1v) is 7.45. The lowest BCUT2D eigenvalue weighted by Gasteiger charge is -2.30. The molecule has 0 radical (unpaired) electrons. The molecule has 19 heavy (non-hydrogen) atoms. The zero-order valence-corrected chi connectivity index (χ0v) is 11.5. The van der Waals surface area contributed by atoms with Crippen LogP contribution in [0, 0.1) is 0 Å². The van der Waals surface area contributed by atoms with Crippen molar-refractivity contribution >= 4 is 27.6 Å². The van der Waals surface area contributed by atoms with Crippen molar-refractivity contribution in [1.82, 2.24) is 9.62 Å². The average Bonchev–Trinajstić information content (AvgIpc) is 2.39. The largest absolute Gasteiger partial charge is 0.480 e. The Balaban J connectivity index is 2.24. The lowest BCUT2D eigenvalue weighted by Crippen LogP contribution is -2.55. The molecule has 1 aromatic rings. The van der Waals surface area contributed by atoms with Gasteiger partial charge in [-0.2, -0.15) is 4.31 Å². The molecule has 0 amide bonds. The molecule has 1 aliphatic heterocycles. The van der Waals surface area contributed by atoms with E-state index in [1.807, 2.05) is 0 Å². The highest BCUT2D eigenvalue weighted by Crippen LogP contribution is 2.19. The highest BCUT2D eigenvalue weighted by molar-refractivity contribution is 7.89. The summed E-state index contributed by atoms with van der Waals surface area (Å²) < 4.78 is 25.8. The second kappa shape index (κ2) is 5.46. The van der Waals surface area contributed by atoms with Gasteiger partial charge in [-0.15, -0.1) is 0 Å². The first-order valence-electron chi connectivity index (χ1n) is 5.63. The lowest BCUT2D eigenvalue weighted by molar-refractivity contribution is -0.140. The van der Waals surface area contributed by atoms with Gasteiger partial charge in [0.15, 0.2) is 0 Å². The quantitative estimate of drug-likeness (QED) is 0.843. The van der Waals surface area contributed by atoms with Crippen molar-refractivity contribution in [3.05, 3.63) is 29.3 Å². The van der Waals surface area contributed by atoms with Gasteiger partial charge in [-0.25, -0.2) is 8.42 Å². The van der Waals surface area contributed by atoms with Gasteiger partial charge in [0.25, 0.3) is 0 Å². The monoisotopic (exact) mass is 304 g/mol. The van der Waals surface area contributed by atoms with Crippen LogP contribution >= 0.6 is 11.6 Å². The van der Waals surface area contributed by atoms with Crippen LogP contribution in [0.1, 0.15) is 0 Å². The molecule has 1 fully saturated rings. The third-order valence-corrected chi connectivity index (χ3v) is 5.02. The summed E-state index contributed by atoms with van der Waals surface area (Å²) in [6, 6.07) is 4.93. The van der Waals surface area contributed by atoms with Crippen LogP contribution in [0.2, 0.25) is 5.02 Å². The van der Waals surface area contributed by atoms with Gasteiger partial charge in [0.05, 0.1) is 4.90 Å². The van der Waals surface area contributed by atoms with Crippen LogP contribution in [0.25, 0.3) is 0 Å². The first kappa shape index (κ1) is 14.3. The van der Waals surface area contributed by atoms with E-state index in [-0.39, 0.29) is 18.0 Å². The van der Waals surface area contributed by atoms with Crippen LogP contribution in [0.3, 0.4) is 0 Å². The fourth-order valence-corrected chi connectivity index (χ4v) is 3.44. The Morgan fingerprint density at radius 1 is 1.37 bits per heavy atom. The molecule has 104 valence electrons. The molecule has 0 spiro atoms. The predicted molar refractivity (Wildman–Crippen MR) is 69.6 cm³/mol. The third-order valence-electron chi connectivity index (χ3n) is 2.89. The molecule has 2 rings (SSSR count). The second-order valence-corrected chi connectivity index (χ2v) is 6.54. The maximum atomic E-state index is 12.3. The molecule has 0 bridgehead atoms. The van der Waals surface area contributed by atoms with Crippen LogP contribution in [-0.4, -0.2) is 49.5 Å². The van der Waals surface area contributed by atoms with Gasteiger partial charge in [-0.05, 0) is 24.3 Å². The average molecular weight is 305 g/mol. The predicted octanol–water partition coefficient (Wildman–Crippen LogP) is 0.387. The molecule has 1 aromatic carbocycles. The molecule has 1 saturated heterocycles. The van der Waals surface area contributed by atoms with Crippen molar-refractivity contribution in [1.29, 1.82) is 0 Å². The van der Waals surface area contributed by atoms with Crippen LogP contribution in [0.5, 0.6) is 0 Å². The molecule has 0 aromatic heterocycles. The van der Waals surface area contributed by atoms with Crippen molar-refractivity contribution in [3.8, 4) is 0 Å². The summed E-state index contributed by atoms with van der Waals surface area (Å²) in [7, 11) is -3.67. The normalized spacial score (nSPS) is 21.2. The molecular weight excluding hydrogens is 292 g/mol. The summed E-state index contributed by atoms with van der Waals surface area (Å²) >= 11 is 5.72. The molecule has 1 unspecified atom stereocenters. The van der Waals surface area contributed by atoms with Gasteiger partial charge in [0.1, 0.15) is 6.04 Å². The van der Waals surface area contributed by atoms with E-state index in [2.05, 4.69) is 5.32 Å². The van der Waals surface area contributed by atoms with Gasteiger partial charge in [0, 0.05) is 24.7 Å². The van der Waals surface area contributed by atoms with Crippen LogP contribution in [-0.2, 0) is 14.8 Å². The summed E-state index contributed by atoms with van der Waals surface area (Å²) in [6.07, 6.45) is 0. The van der Waals surface area contributed by atoms with E-state index in [0.29, 0.717) is 11.6 Å². The number of benzene rings is 1. The van der Waals surface area contributed by atoms with E-state index in [9.17, 15) is 13.2 Å². The number of hydrogen-bond donors (Lipinski definition) is 2. The van der Waals surface area contributed by atoms with Crippen molar-refractivity contribution in [3.63, 3.8) is 0 Å². The topological polar surface area (TPSA) is 86.7 Å². The number of rotatable bonds is 3. The molecule has 0 aliphatic carbocycles. The fraction of sp³-hybridized carbons (Fsp3) is 0.364. The number of carbonyl (C=O) groups is 1. The van der Waals surface area contributed by atoms with Crippen molar-refractivity contribution in [2.75, 3.05) is 19.6 Å². The summed E-state index contributed by atoms with van der Waals surface area (Å²) in [5, 5.41) is 12.1. The number of halogens is 1. The fourth-order valence-electron chi connectivity index (χ4n) is 1.86. The number of aliphatic carboxylic acids is 1. The summed E-state index contributed by atoms with van der Waals surface area (Å²) in [6.45, 7) is 0.471. The number of nitrogens with one attached hydrogen (secondary N) is 1. The van der Waals surface area contributed by atoms with Gasteiger partial charge in [-0.3, -0.25) is 4.79 Å². The van der Waals surface area contributed by atoms with Crippen LogP contribution in [0.15, 0.2) is 29.2 Å². The van der Waals surface area contributed by atoms with E-state index in [4.69, 9.17) is 16.7 Å². The highest BCUT2D eigenvalue weighted by atomic mass is 35.5. The lowest BCUT2D eigenvalue weighted by atomic mass is 10.2. The number of nitrogens with zero attached hydrogens (tertiary/aromatic N) is 1.